The molecule has 0 spiro atoms. The van der Waals surface area contributed by atoms with Crippen molar-refractivity contribution < 1.29 is 4.79 Å². The van der Waals surface area contributed by atoms with Crippen molar-refractivity contribution in [1.82, 2.24) is 4.90 Å². The molecule has 16 heavy (non-hydrogen) atoms. The molecule has 0 bridgehead atoms. The van der Waals surface area contributed by atoms with Gasteiger partial charge in [-0.15, -0.1) is 0 Å². The molecule has 0 aliphatic heterocycles. The van der Waals surface area contributed by atoms with Crippen molar-refractivity contribution in [3.05, 3.63) is 0 Å². The van der Waals surface area contributed by atoms with E-state index in [1.165, 1.54) is 12.8 Å². The molecule has 0 fully saturated rings. The van der Waals surface area contributed by atoms with Gasteiger partial charge in [0.2, 0.25) is 5.91 Å². The molecule has 0 radical (unpaired) electrons. The van der Waals surface area contributed by atoms with Gasteiger partial charge in [0.05, 0.1) is 5.25 Å². The van der Waals surface area contributed by atoms with Gasteiger partial charge in [-0.3, -0.25) is 4.79 Å². The van der Waals surface area contributed by atoms with Crippen LogP contribution in [-0.4, -0.2) is 28.6 Å². The summed E-state index contributed by atoms with van der Waals surface area (Å²) >= 11 is 4.41. The first-order valence-corrected chi connectivity index (χ1v) is 6.92. The first kappa shape index (κ1) is 15.8. The van der Waals surface area contributed by atoms with Gasteiger partial charge in [0.15, 0.2) is 0 Å². The fourth-order valence-corrected chi connectivity index (χ4v) is 1.76. The Morgan fingerprint density at radius 2 is 1.75 bits per heavy atom. The van der Waals surface area contributed by atoms with Crippen LogP contribution in [0, 0.1) is 5.92 Å². The number of unbranched alkanes of at least 4 members (excludes halogenated alkanes) is 2. The average Bonchev–Trinajstić information content (AvgIpc) is 2.21. The molecule has 1 atom stereocenters. The third-order valence-corrected chi connectivity index (χ3v) is 3.61. The lowest BCUT2D eigenvalue weighted by Crippen LogP contribution is -2.43. The predicted molar refractivity (Wildman–Crippen MR) is 74.0 cm³/mol. The molecule has 96 valence electrons. The number of thiol groups is 1. The van der Waals surface area contributed by atoms with Gasteiger partial charge in [-0.25, -0.2) is 0 Å². The Balaban J connectivity index is 4.35. The Hall–Kier alpha value is -0.180. The van der Waals surface area contributed by atoms with Crippen LogP contribution >= 0.6 is 12.6 Å². The maximum absolute atomic E-state index is 12.2. The maximum Gasteiger partial charge on any atom is 0.235 e. The lowest BCUT2D eigenvalue weighted by Gasteiger charge is -2.30. The molecule has 1 unspecified atom stereocenters. The molecule has 0 saturated heterocycles. The van der Waals surface area contributed by atoms with Crippen molar-refractivity contribution >= 4 is 18.5 Å². The molecule has 0 aromatic heterocycles. The summed E-state index contributed by atoms with van der Waals surface area (Å²) in [6, 6.07) is 0.276. The fraction of sp³-hybridized carbons (Fsp3) is 0.923. The van der Waals surface area contributed by atoms with Gasteiger partial charge in [-0.05, 0) is 26.2 Å². The summed E-state index contributed by atoms with van der Waals surface area (Å²) in [5, 5.41) is -0.163. The van der Waals surface area contributed by atoms with Crippen molar-refractivity contribution in [2.75, 3.05) is 6.54 Å². The van der Waals surface area contributed by atoms with E-state index in [4.69, 9.17) is 0 Å². The molecule has 0 aromatic carbocycles. The number of nitrogens with zero attached hydrogens (tertiary/aromatic N) is 1. The molecule has 3 heteroatoms. The Morgan fingerprint density at radius 3 is 2.12 bits per heavy atom. The standard InChI is InChI=1S/C13H27NOS/c1-6-7-8-9-14(11(4)5)13(15)12(16)10(2)3/h10-12,16H,6-9H2,1-5H3. The zero-order valence-electron chi connectivity index (χ0n) is 11.4. The SMILES string of the molecule is CCCCCN(C(=O)C(S)C(C)C)C(C)C. The van der Waals surface area contributed by atoms with Crippen LogP contribution in [0.5, 0.6) is 0 Å². The molecular formula is C13H27NOS. The second-order valence-corrected chi connectivity index (χ2v) is 5.58. The molecule has 0 N–H and O–H groups in total. The predicted octanol–water partition coefficient (Wildman–Crippen LogP) is 3.37. The van der Waals surface area contributed by atoms with Crippen LogP contribution in [0.3, 0.4) is 0 Å². The highest BCUT2D eigenvalue weighted by Gasteiger charge is 2.25. The second-order valence-electron chi connectivity index (χ2n) is 5.02. The number of carbonyl (C=O) groups excluding carboxylic acids is 1. The maximum atomic E-state index is 12.2. The molecule has 0 aliphatic carbocycles. The molecule has 2 nitrogen and oxygen atoms in total. The molecule has 0 saturated carbocycles. The van der Waals surface area contributed by atoms with Crippen LogP contribution < -0.4 is 0 Å². The Kier molecular flexibility index (Phi) is 7.90. The minimum atomic E-state index is -0.163. The summed E-state index contributed by atoms with van der Waals surface area (Å²) in [5.74, 6) is 0.479. The first-order chi connectivity index (χ1) is 7.41. The molecule has 0 aromatic rings. The van der Waals surface area contributed by atoms with Crippen molar-refractivity contribution in [2.24, 2.45) is 5.92 Å². The van der Waals surface area contributed by atoms with Gasteiger partial charge < -0.3 is 4.90 Å². The third kappa shape index (κ3) is 5.24. The molecule has 0 rings (SSSR count). The summed E-state index contributed by atoms with van der Waals surface area (Å²) in [5.41, 5.74) is 0. The van der Waals surface area contributed by atoms with Gasteiger partial charge in [0.1, 0.15) is 0 Å². The smallest absolute Gasteiger partial charge is 0.235 e. The summed E-state index contributed by atoms with van der Waals surface area (Å²) in [6.45, 7) is 11.3. The van der Waals surface area contributed by atoms with E-state index in [2.05, 4.69) is 33.4 Å². The van der Waals surface area contributed by atoms with Gasteiger partial charge in [0.25, 0.3) is 0 Å². The molecular weight excluding hydrogens is 218 g/mol. The summed E-state index contributed by atoms with van der Waals surface area (Å²) in [4.78, 5) is 14.1. The van der Waals surface area contributed by atoms with Crippen LogP contribution in [0.15, 0.2) is 0 Å². The van der Waals surface area contributed by atoms with Gasteiger partial charge >= 0.3 is 0 Å². The summed E-state index contributed by atoms with van der Waals surface area (Å²) in [7, 11) is 0. The molecule has 0 aliphatic rings. The van der Waals surface area contributed by atoms with E-state index in [0.717, 1.165) is 13.0 Å². The third-order valence-electron chi connectivity index (χ3n) is 2.79. The number of carbonyl (C=O) groups is 1. The lowest BCUT2D eigenvalue weighted by molar-refractivity contribution is -0.133. The van der Waals surface area contributed by atoms with Crippen LogP contribution in [0.2, 0.25) is 0 Å². The van der Waals surface area contributed by atoms with E-state index in [1.807, 2.05) is 18.7 Å². The van der Waals surface area contributed by atoms with Crippen LogP contribution in [-0.2, 0) is 4.79 Å². The lowest BCUT2D eigenvalue weighted by atomic mass is 10.1. The fourth-order valence-electron chi connectivity index (χ4n) is 1.61. The van der Waals surface area contributed by atoms with Crippen LogP contribution in [0.4, 0.5) is 0 Å². The normalized spacial score (nSPS) is 13.2. The van der Waals surface area contributed by atoms with Crippen molar-refractivity contribution in [3.63, 3.8) is 0 Å². The minimum Gasteiger partial charge on any atom is -0.339 e. The van der Waals surface area contributed by atoms with E-state index in [1.54, 1.807) is 0 Å². The number of rotatable bonds is 7. The van der Waals surface area contributed by atoms with Crippen LogP contribution in [0.25, 0.3) is 0 Å². The Bertz CT molecular complexity index is 204. The van der Waals surface area contributed by atoms with Crippen molar-refractivity contribution in [1.29, 1.82) is 0 Å². The molecule has 0 heterocycles. The summed E-state index contributed by atoms with van der Waals surface area (Å²) in [6.07, 6.45) is 3.48. The highest BCUT2D eigenvalue weighted by Crippen LogP contribution is 2.15. The zero-order valence-corrected chi connectivity index (χ0v) is 12.3. The minimum absolute atomic E-state index is 0.163. The van der Waals surface area contributed by atoms with E-state index in [0.29, 0.717) is 5.92 Å². The quantitative estimate of drug-likeness (QED) is 0.538. The largest absolute Gasteiger partial charge is 0.339 e. The van der Waals surface area contributed by atoms with E-state index in [-0.39, 0.29) is 17.2 Å². The zero-order chi connectivity index (χ0) is 12.7. The highest BCUT2D eigenvalue weighted by atomic mass is 32.1. The molecule has 1 amide bonds. The van der Waals surface area contributed by atoms with E-state index in [9.17, 15) is 4.79 Å². The topological polar surface area (TPSA) is 20.3 Å². The summed E-state index contributed by atoms with van der Waals surface area (Å²) < 4.78 is 0. The van der Waals surface area contributed by atoms with E-state index < -0.39 is 0 Å². The Morgan fingerprint density at radius 1 is 1.19 bits per heavy atom. The number of hydrogen-bond acceptors (Lipinski definition) is 2. The van der Waals surface area contributed by atoms with Gasteiger partial charge in [-0.1, -0.05) is 33.6 Å². The monoisotopic (exact) mass is 245 g/mol. The van der Waals surface area contributed by atoms with Crippen molar-refractivity contribution in [3.8, 4) is 0 Å². The number of amides is 1. The van der Waals surface area contributed by atoms with Gasteiger partial charge in [0, 0.05) is 12.6 Å². The average molecular weight is 245 g/mol. The van der Waals surface area contributed by atoms with Gasteiger partial charge in [-0.2, -0.15) is 12.6 Å². The van der Waals surface area contributed by atoms with Crippen molar-refractivity contribution in [2.45, 2.75) is 65.2 Å². The second kappa shape index (κ2) is 7.99. The Labute approximate surface area is 106 Å². The van der Waals surface area contributed by atoms with Crippen LogP contribution in [0.1, 0.15) is 53.9 Å². The first-order valence-electron chi connectivity index (χ1n) is 6.40. The van der Waals surface area contributed by atoms with E-state index >= 15 is 0 Å². The highest BCUT2D eigenvalue weighted by molar-refractivity contribution is 7.81. The number of hydrogen-bond donors (Lipinski definition) is 1.